The van der Waals surface area contributed by atoms with Crippen LogP contribution in [0.4, 0.5) is 13.2 Å². The first-order chi connectivity index (χ1) is 14.6. The summed E-state index contributed by atoms with van der Waals surface area (Å²) in [4.78, 5) is 13.4. The van der Waals surface area contributed by atoms with Crippen molar-refractivity contribution in [2.45, 2.75) is 30.5 Å². The van der Waals surface area contributed by atoms with Crippen LogP contribution in [0.25, 0.3) is 0 Å². The van der Waals surface area contributed by atoms with Crippen LogP contribution >= 0.6 is 0 Å². The summed E-state index contributed by atoms with van der Waals surface area (Å²) in [5.41, 5.74) is 0.00972. The van der Waals surface area contributed by atoms with Gasteiger partial charge in [0.15, 0.2) is 0 Å². The Bertz CT molecular complexity index is 1050. The second kappa shape index (κ2) is 9.11. The molecule has 1 aliphatic heterocycles. The van der Waals surface area contributed by atoms with E-state index in [1.54, 1.807) is 6.07 Å². The molecule has 0 spiro atoms. The SMILES string of the molecule is N#Cc1ccccc1S(=O)(=O)N1CCC(C(=O)N(Cc2ccco2)CC(F)(F)F)CC1. The molecule has 0 radical (unpaired) electrons. The minimum Gasteiger partial charge on any atom is -0.467 e. The number of halogens is 3. The maximum atomic E-state index is 13.0. The van der Waals surface area contributed by atoms with Crippen molar-refractivity contribution in [3.8, 4) is 6.07 Å². The maximum absolute atomic E-state index is 13.0. The molecule has 1 aromatic carbocycles. The highest BCUT2D eigenvalue weighted by molar-refractivity contribution is 7.89. The van der Waals surface area contributed by atoms with Crippen LogP contribution in [0.3, 0.4) is 0 Å². The first-order valence-corrected chi connectivity index (χ1v) is 10.9. The highest BCUT2D eigenvalue weighted by Gasteiger charge is 2.38. The average Bonchev–Trinajstić information content (AvgIpc) is 3.25. The van der Waals surface area contributed by atoms with Crippen molar-refractivity contribution in [3.05, 3.63) is 54.0 Å². The largest absolute Gasteiger partial charge is 0.467 e. The highest BCUT2D eigenvalue weighted by Crippen LogP contribution is 2.28. The van der Waals surface area contributed by atoms with Gasteiger partial charge in [-0.25, -0.2) is 8.42 Å². The predicted octanol–water partition coefficient (Wildman–Crippen LogP) is 3.14. The molecule has 1 aliphatic rings. The first kappa shape index (κ1) is 22.8. The lowest BCUT2D eigenvalue weighted by atomic mass is 9.96. The zero-order valence-corrected chi connectivity index (χ0v) is 17.2. The van der Waals surface area contributed by atoms with Gasteiger partial charge in [0.2, 0.25) is 15.9 Å². The number of carbonyl (C=O) groups excluding carboxylic acids is 1. The molecule has 0 N–H and O–H groups in total. The number of piperidine rings is 1. The van der Waals surface area contributed by atoms with Gasteiger partial charge in [0.1, 0.15) is 18.4 Å². The van der Waals surface area contributed by atoms with Crippen LogP contribution in [0.2, 0.25) is 0 Å². The van der Waals surface area contributed by atoms with E-state index in [-0.39, 0.29) is 48.7 Å². The molecule has 1 saturated heterocycles. The average molecular weight is 455 g/mol. The fraction of sp³-hybridized carbons (Fsp3) is 0.400. The number of carbonyl (C=O) groups is 1. The number of benzene rings is 1. The Morgan fingerprint density at radius 3 is 2.45 bits per heavy atom. The van der Waals surface area contributed by atoms with Crippen molar-refractivity contribution < 1.29 is 30.8 Å². The van der Waals surface area contributed by atoms with Crippen molar-refractivity contribution in [1.82, 2.24) is 9.21 Å². The smallest absolute Gasteiger partial charge is 0.406 e. The topological polar surface area (TPSA) is 94.6 Å². The number of furan rings is 1. The molecule has 0 unspecified atom stereocenters. The van der Waals surface area contributed by atoms with Crippen LogP contribution < -0.4 is 0 Å². The first-order valence-electron chi connectivity index (χ1n) is 9.49. The standard InChI is InChI=1S/C20H20F3N3O4S/c21-20(22,23)14-25(13-17-5-3-11-30-17)19(27)15-7-9-26(10-8-15)31(28,29)18-6-2-1-4-16(18)12-24/h1-6,11,15H,7-10,13-14H2. The van der Waals surface area contributed by atoms with E-state index in [9.17, 15) is 31.6 Å². The van der Waals surface area contributed by atoms with Crippen molar-refractivity contribution in [3.63, 3.8) is 0 Å². The molecule has 166 valence electrons. The van der Waals surface area contributed by atoms with E-state index in [0.717, 1.165) is 4.31 Å². The number of sulfonamides is 1. The van der Waals surface area contributed by atoms with E-state index in [1.165, 1.54) is 36.6 Å². The molecule has 0 saturated carbocycles. The predicted molar refractivity (Wildman–Crippen MR) is 103 cm³/mol. The normalized spacial score (nSPS) is 16.1. The molecule has 0 bridgehead atoms. The molecule has 1 aromatic heterocycles. The molecule has 1 amide bonds. The van der Waals surface area contributed by atoms with Gasteiger partial charge in [-0.15, -0.1) is 0 Å². The van der Waals surface area contributed by atoms with Crippen molar-refractivity contribution in [2.75, 3.05) is 19.6 Å². The number of rotatable bonds is 6. The second-order valence-electron chi connectivity index (χ2n) is 7.18. The van der Waals surface area contributed by atoms with E-state index >= 15 is 0 Å². The van der Waals surface area contributed by atoms with E-state index in [1.807, 2.05) is 6.07 Å². The van der Waals surface area contributed by atoms with Crippen LogP contribution in [-0.2, 0) is 21.4 Å². The summed E-state index contributed by atoms with van der Waals surface area (Å²) in [6, 6.07) is 10.6. The summed E-state index contributed by atoms with van der Waals surface area (Å²) in [5.74, 6) is -1.20. The summed E-state index contributed by atoms with van der Waals surface area (Å²) in [6.07, 6.45) is -3.10. The third kappa shape index (κ3) is 5.45. The lowest BCUT2D eigenvalue weighted by molar-refractivity contribution is -0.166. The highest BCUT2D eigenvalue weighted by atomic mass is 32.2. The van der Waals surface area contributed by atoms with Gasteiger partial charge in [0.25, 0.3) is 0 Å². The molecule has 1 fully saturated rings. The maximum Gasteiger partial charge on any atom is 0.406 e. The molecular formula is C20H20F3N3O4S. The molecule has 7 nitrogen and oxygen atoms in total. The van der Waals surface area contributed by atoms with E-state index in [0.29, 0.717) is 4.90 Å². The van der Waals surface area contributed by atoms with Gasteiger partial charge in [-0.1, -0.05) is 12.1 Å². The van der Waals surface area contributed by atoms with Crippen LogP contribution in [0.15, 0.2) is 52.0 Å². The number of hydrogen-bond acceptors (Lipinski definition) is 5. The summed E-state index contributed by atoms with van der Waals surface area (Å²) >= 11 is 0. The number of hydrogen-bond donors (Lipinski definition) is 0. The summed E-state index contributed by atoms with van der Waals surface area (Å²) in [5, 5.41) is 9.17. The Hall–Kier alpha value is -2.84. The fourth-order valence-electron chi connectivity index (χ4n) is 3.54. The lowest BCUT2D eigenvalue weighted by Gasteiger charge is -2.33. The van der Waals surface area contributed by atoms with Gasteiger partial charge in [0, 0.05) is 19.0 Å². The Morgan fingerprint density at radius 2 is 1.87 bits per heavy atom. The zero-order valence-electron chi connectivity index (χ0n) is 16.4. The molecule has 2 heterocycles. The minimum absolute atomic E-state index is 0.00972. The number of amides is 1. The monoisotopic (exact) mass is 455 g/mol. The molecular weight excluding hydrogens is 435 g/mol. The molecule has 2 aromatic rings. The van der Waals surface area contributed by atoms with Crippen LogP contribution in [0.5, 0.6) is 0 Å². The second-order valence-corrected chi connectivity index (χ2v) is 9.08. The molecule has 0 aliphatic carbocycles. The third-order valence-corrected chi connectivity index (χ3v) is 6.99. The van der Waals surface area contributed by atoms with E-state index < -0.39 is 34.6 Å². The zero-order chi connectivity index (χ0) is 22.6. The van der Waals surface area contributed by atoms with Gasteiger partial charge in [-0.3, -0.25) is 4.79 Å². The summed E-state index contributed by atoms with van der Waals surface area (Å²) in [6.45, 7) is -1.79. The van der Waals surface area contributed by atoms with Gasteiger partial charge in [-0.2, -0.15) is 22.7 Å². The van der Waals surface area contributed by atoms with Crippen molar-refractivity contribution in [2.24, 2.45) is 5.92 Å². The van der Waals surface area contributed by atoms with Crippen molar-refractivity contribution in [1.29, 1.82) is 5.26 Å². The lowest BCUT2D eigenvalue weighted by Crippen LogP contribution is -2.46. The van der Waals surface area contributed by atoms with E-state index in [4.69, 9.17) is 4.42 Å². The Morgan fingerprint density at radius 1 is 1.19 bits per heavy atom. The quantitative estimate of drug-likeness (QED) is 0.667. The van der Waals surface area contributed by atoms with Gasteiger partial charge < -0.3 is 9.32 Å². The van der Waals surface area contributed by atoms with Gasteiger partial charge >= 0.3 is 6.18 Å². The minimum atomic E-state index is -4.58. The molecule has 11 heteroatoms. The van der Waals surface area contributed by atoms with Crippen LogP contribution in [0.1, 0.15) is 24.2 Å². The summed E-state index contributed by atoms with van der Waals surface area (Å²) < 4.78 is 71.0. The Kier molecular flexibility index (Phi) is 6.71. The van der Waals surface area contributed by atoms with Crippen LogP contribution in [-0.4, -0.2) is 49.3 Å². The number of nitriles is 1. The van der Waals surface area contributed by atoms with E-state index in [2.05, 4.69) is 0 Å². The molecule has 3 rings (SSSR count). The van der Waals surface area contributed by atoms with Gasteiger partial charge in [-0.05, 0) is 37.1 Å². The van der Waals surface area contributed by atoms with Crippen molar-refractivity contribution >= 4 is 15.9 Å². The Balaban J connectivity index is 1.71. The third-order valence-electron chi connectivity index (χ3n) is 5.04. The number of alkyl halides is 3. The molecule has 31 heavy (non-hydrogen) atoms. The summed E-state index contributed by atoms with van der Waals surface area (Å²) in [7, 11) is -3.95. The molecule has 0 atom stereocenters. The van der Waals surface area contributed by atoms with Gasteiger partial charge in [0.05, 0.1) is 23.3 Å². The number of nitrogens with zero attached hydrogens (tertiary/aromatic N) is 3. The Labute approximate surface area is 177 Å². The fourth-order valence-corrected chi connectivity index (χ4v) is 5.15. The van der Waals surface area contributed by atoms with Crippen LogP contribution in [0, 0.1) is 17.2 Å².